The zero-order valence-corrected chi connectivity index (χ0v) is 24.7. The molecular weight excluding hydrogens is 530 g/mol. The number of sulfonamides is 1. The van der Waals surface area contributed by atoms with Crippen LogP contribution in [0, 0.1) is 46.3 Å². The van der Waals surface area contributed by atoms with Crippen LogP contribution in [0.25, 0.3) is 0 Å². The highest BCUT2D eigenvalue weighted by molar-refractivity contribution is 7.89. The lowest BCUT2D eigenvalue weighted by Gasteiger charge is -2.63. The number of nitrogen functional groups attached to an aromatic ring is 1. The van der Waals surface area contributed by atoms with Gasteiger partial charge in [-0.3, -0.25) is 10.2 Å². The van der Waals surface area contributed by atoms with Crippen molar-refractivity contribution in [2.45, 2.75) is 102 Å². The molecule has 0 spiro atoms. The molecule has 4 saturated carbocycles. The number of hydrazine groups is 1. The Bertz CT molecular complexity index is 1190. The molecule has 0 saturated heterocycles. The van der Waals surface area contributed by atoms with Gasteiger partial charge in [0.1, 0.15) is 0 Å². The molecule has 1 aromatic carbocycles. The Morgan fingerprint density at radius 3 is 2.45 bits per heavy atom. The van der Waals surface area contributed by atoms with Gasteiger partial charge in [0, 0.05) is 12.1 Å². The predicted molar refractivity (Wildman–Crippen MR) is 152 cm³/mol. The van der Waals surface area contributed by atoms with Crippen LogP contribution in [-0.2, 0) is 14.8 Å². The second kappa shape index (κ2) is 10.8. The zero-order valence-electron chi connectivity index (χ0n) is 23.9. The molecule has 1 amide bonds. The van der Waals surface area contributed by atoms with Crippen molar-refractivity contribution in [2.24, 2.45) is 46.3 Å². The molecule has 1 aromatic rings. The SMILES string of the molecule is CC(CCC(=O)NNS(=O)(=O)c1ccc(N)cc1)C1CCC2C3C(O)CC4CC(O)CCC4(C)C3CC(O)C12C. The molecule has 11 unspecified atom stereocenters. The summed E-state index contributed by atoms with van der Waals surface area (Å²) in [5.41, 5.74) is 8.09. The predicted octanol–water partition coefficient (Wildman–Crippen LogP) is 2.96. The van der Waals surface area contributed by atoms with Crippen LogP contribution in [0.1, 0.15) is 78.6 Å². The maximum absolute atomic E-state index is 12.6. The third-order valence-corrected chi connectivity index (χ3v) is 13.1. The lowest BCUT2D eigenvalue weighted by molar-refractivity contribution is -0.207. The summed E-state index contributed by atoms with van der Waals surface area (Å²) < 4.78 is 24.9. The maximum Gasteiger partial charge on any atom is 0.257 e. The van der Waals surface area contributed by atoms with Crippen LogP contribution in [0.3, 0.4) is 0 Å². The van der Waals surface area contributed by atoms with E-state index in [0.29, 0.717) is 18.5 Å². The van der Waals surface area contributed by atoms with E-state index in [1.165, 1.54) is 24.3 Å². The standard InChI is InChI=1S/C30H47N3O6S/c1-17(4-11-27(37)32-33-40(38,39)21-7-5-19(31)6-8-21)22-9-10-23-28-24(16-26(36)30(22,23)3)29(2)13-12-20(34)14-18(29)15-25(28)35/h5-8,17-18,20,22-26,28,33-36H,4,9-16,31H2,1-3H3,(H,32,37). The number of carbonyl (C=O) groups is 1. The first-order valence-corrected chi connectivity index (χ1v) is 16.5. The zero-order chi connectivity index (χ0) is 29.0. The summed E-state index contributed by atoms with van der Waals surface area (Å²) in [5.74, 6) is 0.845. The Morgan fingerprint density at radius 2 is 1.75 bits per heavy atom. The minimum atomic E-state index is -3.90. The Balaban J connectivity index is 1.22. The van der Waals surface area contributed by atoms with Gasteiger partial charge in [-0.25, -0.2) is 8.42 Å². The molecule has 11 atom stereocenters. The number of fused-ring (bicyclic) bond motifs is 5. The van der Waals surface area contributed by atoms with Crippen LogP contribution in [0.15, 0.2) is 29.2 Å². The fourth-order valence-corrected chi connectivity index (χ4v) is 10.4. The van der Waals surface area contributed by atoms with Gasteiger partial charge in [0.2, 0.25) is 5.91 Å². The number of benzene rings is 1. The summed E-state index contributed by atoms with van der Waals surface area (Å²) >= 11 is 0. The maximum atomic E-state index is 12.6. The van der Waals surface area contributed by atoms with Crippen molar-refractivity contribution < 1.29 is 28.5 Å². The van der Waals surface area contributed by atoms with E-state index in [-0.39, 0.29) is 63.8 Å². The largest absolute Gasteiger partial charge is 0.399 e. The molecular formula is C30H47N3O6S. The third kappa shape index (κ3) is 5.08. The molecule has 0 bridgehead atoms. The molecule has 10 heteroatoms. The molecule has 224 valence electrons. The van der Waals surface area contributed by atoms with E-state index in [4.69, 9.17) is 5.73 Å². The van der Waals surface area contributed by atoms with Gasteiger partial charge in [0.25, 0.3) is 10.0 Å². The molecule has 4 fully saturated rings. The lowest BCUT2D eigenvalue weighted by Crippen LogP contribution is -2.62. The number of aliphatic hydroxyl groups excluding tert-OH is 3. The van der Waals surface area contributed by atoms with Crippen molar-refractivity contribution >= 4 is 21.6 Å². The molecule has 7 N–H and O–H groups in total. The molecule has 9 nitrogen and oxygen atoms in total. The van der Waals surface area contributed by atoms with Gasteiger partial charge >= 0.3 is 0 Å². The van der Waals surface area contributed by atoms with E-state index in [0.717, 1.165) is 38.5 Å². The lowest BCUT2D eigenvalue weighted by atomic mass is 9.43. The van der Waals surface area contributed by atoms with E-state index < -0.39 is 28.1 Å². The Morgan fingerprint density at radius 1 is 1.05 bits per heavy atom. The van der Waals surface area contributed by atoms with Crippen LogP contribution in [0.2, 0.25) is 0 Å². The number of aliphatic hydroxyl groups is 3. The third-order valence-electron chi connectivity index (χ3n) is 11.9. The molecule has 0 aliphatic heterocycles. The monoisotopic (exact) mass is 577 g/mol. The second-order valence-electron chi connectivity index (χ2n) is 13.8. The summed E-state index contributed by atoms with van der Waals surface area (Å²) in [6, 6.07) is 5.73. The van der Waals surface area contributed by atoms with Gasteiger partial charge in [-0.1, -0.05) is 20.8 Å². The molecule has 5 rings (SSSR count). The number of nitrogens with two attached hydrogens (primary N) is 1. The smallest absolute Gasteiger partial charge is 0.257 e. The fourth-order valence-electron chi connectivity index (χ4n) is 9.58. The second-order valence-corrected chi connectivity index (χ2v) is 15.4. The number of carbonyl (C=O) groups excluding carboxylic acids is 1. The van der Waals surface area contributed by atoms with Gasteiger partial charge in [-0.2, -0.15) is 0 Å². The normalized spacial score (nSPS) is 41.9. The molecule has 0 aromatic heterocycles. The Kier molecular flexibility index (Phi) is 8.07. The Hall–Kier alpha value is -1.72. The number of anilines is 1. The highest BCUT2D eigenvalue weighted by atomic mass is 32.2. The summed E-state index contributed by atoms with van der Waals surface area (Å²) in [6.45, 7) is 6.65. The summed E-state index contributed by atoms with van der Waals surface area (Å²) in [5, 5.41) is 33.5. The molecule has 4 aliphatic rings. The topological polar surface area (TPSA) is 162 Å². The number of hydrogen-bond donors (Lipinski definition) is 6. The number of rotatable bonds is 7. The van der Waals surface area contributed by atoms with Crippen molar-refractivity contribution in [3.63, 3.8) is 0 Å². The van der Waals surface area contributed by atoms with Gasteiger partial charge in [-0.05, 0) is 122 Å². The van der Waals surface area contributed by atoms with Crippen LogP contribution < -0.4 is 16.0 Å². The molecule has 40 heavy (non-hydrogen) atoms. The summed E-state index contributed by atoms with van der Waals surface area (Å²) in [4.78, 5) is 14.8. The number of amides is 1. The first-order chi connectivity index (χ1) is 18.8. The highest BCUT2D eigenvalue weighted by Gasteiger charge is 2.65. The van der Waals surface area contributed by atoms with Crippen molar-refractivity contribution in [1.82, 2.24) is 10.3 Å². The van der Waals surface area contributed by atoms with Gasteiger partial charge in [0.15, 0.2) is 0 Å². The average Bonchev–Trinajstić information content (AvgIpc) is 3.26. The number of hydrogen-bond acceptors (Lipinski definition) is 7. The quantitative estimate of drug-likeness (QED) is 0.214. The van der Waals surface area contributed by atoms with E-state index in [2.05, 4.69) is 31.0 Å². The van der Waals surface area contributed by atoms with Crippen LogP contribution >= 0.6 is 0 Å². The van der Waals surface area contributed by atoms with Crippen LogP contribution in [-0.4, -0.2) is 48.0 Å². The van der Waals surface area contributed by atoms with Crippen molar-refractivity contribution in [1.29, 1.82) is 0 Å². The van der Waals surface area contributed by atoms with Crippen LogP contribution in [0.4, 0.5) is 5.69 Å². The minimum absolute atomic E-state index is 0.0133. The first kappa shape index (κ1) is 29.8. The van der Waals surface area contributed by atoms with E-state index in [1.54, 1.807) is 0 Å². The molecule has 0 radical (unpaired) electrons. The van der Waals surface area contributed by atoms with Crippen molar-refractivity contribution in [3.05, 3.63) is 24.3 Å². The first-order valence-electron chi connectivity index (χ1n) is 15.0. The molecule has 0 heterocycles. The fraction of sp³-hybridized carbons (Fsp3) is 0.767. The van der Waals surface area contributed by atoms with Gasteiger partial charge in [0.05, 0.1) is 23.2 Å². The van der Waals surface area contributed by atoms with Crippen molar-refractivity contribution in [3.8, 4) is 0 Å². The number of nitrogens with one attached hydrogen (secondary N) is 2. The average molecular weight is 578 g/mol. The summed E-state index contributed by atoms with van der Waals surface area (Å²) in [6.07, 6.45) is 5.33. The van der Waals surface area contributed by atoms with E-state index in [1.807, 2.05) is 0 Å². The Labute approximate surface area is 238 Å². The van der Waals surface area contributed by atoms with E-state index >= 15 is 0 Å². The summed E-state index contributed by atoms with van der Waals surface area (Å²) in [7, 11) is -3.90. The highest BCUT2D eigenvalue weighted by Crippen LogP contribution is 2.68. The minimum Gasteiger partial charge on any atom is -0.399 e. The van der Waals surface area contributed by atoms with Crippen LogP contribution in [0.5, 0.6) is 0 Å². The van der Waals surface area contributed by atoms with Gasteiger partial charge in [-0.15, -0.1) is 4.83 Å². The van der Waals surface area contributed by atoms with Gasteiger partial charge < -0.3 is 21.1 Å². The van der Waals surface area contributed by atoms with E-state index in [9.17, 15) is 28.5 Å². The molecule has 4 aliphatic carbocycles. The van der Waals surface area contributed by atoms with Crippen molar-refractivity contribution in [2.75, 3.05) is 5.73 Å².